The Morgan fingerprint density at radius 1 is 1.04 bits per heavy atom. The lowest BCUT2D eigenvalue weighted by atomic mass is 9.99. The molecule has 0 aromatic heterocycles. The van der Waals surface area contributed by atoms with Crippen molar-refractivity contribution in [2.24, 2.45) is 23.4 Å². The summed E-state index contributed by atoms with van der Waals surface area (Å²) in [7, 11) is 0. The molecule has 3 atom stereocenters. The third-order valence-corrected chi connectivity index (χ3v) is 8.20. The first-order chi connectivity index (χ1) is 24.0. The van der Waals surface area contributed by atoms with Gasteiger partial charge in [0, 0.05) is 36.3 Å². The van der Waals surface area contributed by atoms with Crippen LogP contribution in [0.4, 0.5) is 5.69 Å². The molecule has 0 aliphatic carbocycles. The van der Waals surface area contributed by atoms with Gasteiger partial charge in [-0.05, 0) is 43.4 Å². The van der Waals surface area contributed by atoms with Crippen LogP contribution in [-0.2, 0) is 44.8 Å². The second-order valence-corrected chi connectivity index (χ2v) is 13.1. The van der Waals surface area contributed by atoms with Crippen molar-refractivity contribution in [1.29, 1.82) is 0 Å². The van der Waals surface area contributed by atoms with Crippen molar-refractivity contribution in [2.75, 3.05) is 31.6 Å². The van der Waals surface area contributed by atoms with Gasteiger partial charge < -0.3 is 41.3 Å². The van der Waals surface area contributed by atoms with Crippen molar-refractivity contribution in [2.45, 2.75) is 85.1 Å². The zero-order valence-corrected chi connectivity index (χ0v) is 30.3. The first-order valence-corrected chi connectivity index (χ1v) is 16.9. The number of nitrogens with one attached hydrogen (secondary N) is 3. The van der Waals surface area contributed by atoms with Gasteiger partial charge in [0.1, 0.15) is 12.6 Å². The van der Waals surface area contributed by atoms with Crippen molar-refractivity contribution in [3.8, 4) is 0 Å². The number of carbonyl (C=O) groups is 6. The number of esters is 1. The molecule has 0 radical (unpaired) electrons. The summed E-state index contributed by atoms with van der Waals surface area (Å²) < 4.78 is 11.1. The van der Waals surface area contributed by atoms with E-state index in [2.05, 4.69) is 16.0 Å². The number of rotatable bonds is 21. The quantitative estimate of drug-likeness (QED) is 0.0449. The highest BCUT2D eigenvalue weighted by Gasteiger charge is 2.35. The Morgan fingerprint density at radius 2 is 1.67 bits per heavy atom. The highest BCUT2D eigenvalue weighted by Crippen LogP contribution is 2.20. The van der Waals surface area contributed by atoms with Gasteiger partial charge in [0.15, 0.2) is 0 Å². The third kappa shape index (κ3) is 13.8. The number of anilines is 1. The summed E-state index contributed by atoms with van der Waals surface area (Å²) in [6.45, 7) is 10.7. The predicted molar refractivity (Wildman–Crippen MR) is 188 cm³/mol. The molecule has 0 spiro atoms. The van der Waals surface area contributed by atoms with Crippen LogP contribution in [0.15, 0.2) is 48.3 Å². The number of carbonyl (C=O) groups excluding carboxylic acids is 6. The van der Waals surface area contributed by atoms with Crippen LogP contribution in [-0.4, -0.2) is 94.5 Å². The number of ether oxygens (including phenoxy) is 2. The summed E-state index contributed by atoms with van der Waals surface area (Å²) in [5.41, 5.74) is 6.90. The van der Waals surface area contributed by atoms with Crippen molar-refractivity contribution >= 4 is 41.2 Å². The first-order valence-electron chi connectivity index (χ1n) is 16.9. The normalized spacial score (nSPS) is 15.4. The highest BCUT2D eigenvalue weighted by molar-refractivity contribution is 6.13. The maximum atomic E-state index is 13.3. The molecular weight excluding hydrogens is 662 g/mol. The Labute approximate surface area is 298 Å². The van der Waals surface area contributed by atoms with Crippen molar-refractivity contribution in [1.82, 2.24) is 20.5 Å². The van der Waals surface area contributed by atoms with E-state index in [1.807, 2.05) is 13.8 Å². The first kappa shape index (κ1) is 42.4. The molecule has 1 aromatic carbocycles. The van der Waals surface area contributed by atoms with Gasteiger partial charge in [0.05, 0.1) is 43.7 Å². The van der Waals surface area contributed by atoms with E-state index in [0.29, 0.717) is 18.5 Å². The molecule has 0 saturated heterocycles. The number of aliphatic hydroxyl groups is 1. The van der Waals surface area contributed by atoms with Gasteiger partial charge >= 0.3 is 5.97 Å². The zero-order chi connectivity index (χ0) is 38.3. The molecule has 0 fully saturated rings. The molecule has 1 aliphatic rings. The Kier molecular flexibility index (Phi) is 16.7. The summed E-state index contributed by atoms with van der Waals surface area (Å²) in [5.74, 6) is 1.97. The average Bonchev–Trinajstić information content (AvgIpc) is 3.40. The van der Waals surface area contributed by atoms with E-state index in [1.165, 1.54) is 11.2 Å². The van der Waals surface area contributed by atoms with Gasteiger partial charge in [-0.25, -0.2) is 5.84 Å². The maximum absolute atomic E-state index is 13.3. The molecule has 51 heavy (non-hydrogen) atoms. The van der Waals surface area contributed by atoms with Crippen LogP contribution >= 0.6 is 0 Å². The smallest absolute Gasteiger partial charge is 0.308 e. The van der Waals surface area contributed by atoms with Crippen LogP contribution in [0, 0.1) is 11.8 Å². The Hall–Kier alpha value is -4.80. The number of hydrogen-bond donors (Lipinski definition) is 6. The van der Waals surface area contributed by atoms with Crippen LogP contribution < -0.4 is 27.5 Å². The number of hydrazine groups is 1. The van der Waals surface area contributed by atoms with Crippen LogP contribution in [0.1, 0.15) is 66.4 Å². The lowest BCUT2D eigenvalue weighted by Gasteiger charge is -2.30. The number of imide groups is 1. The SMILES string of the molecule is CCC(C)(CCO)OCCN(N)/C=C(\N)[C@H](CC(=O)NC(C(=O)NCC(=O)Nc1ccc(COC(=O)C(C)C)cc1)C(C)C)N1C(=O)C=CC1=O. The fourth-order valence-corrected chi connectivity index (χ4v) is 4.84. The minimum Gasteiger partial charge on any atom is -0.461 e. The van der Waals surface area contributed by atoms with Crippen LogP contribution in [0.2, 0.25) is 0 Å². The largest absolute Gasteiger partial charge is 0.461 e. The fraction of sp³-hybridized carbons (Fsp3) is 0.543. The van der Waals surface area contributed by atoms with E-state index >= 15 is 0 Å². The van der Waals surface area contributed by atoms with Gasteiger partial charge in [-0.3, -0.25) is 33.7 Å². The summed E-state index contributed by atoms with van der Waals surface area (Å²) in [4.78, 5) is 76.7. The number of aliphatic hydroxyl groups excluding tert-OH is 1. The van der Waals surface area contributed by atoms with Gasteiger partial charge in [0.25, 0.3) is 11.8 Å². The van der Waals surface area contributed by atoms with Gasteiger partial charge in [0.2, 0.25) is 17.7 Å². The van der Waals surface area contributed by atoms with E-state index in [9.17, 15) is 33.9 Å². The van der Waals surface area contributed by atoms with E-state index in [1.54, 1.807) is 52.0 Å². The average molecular weight is 716 g/mol. The van der Waals surface area contributed by atoms with Crippen LogP contribution in [0.5, 0.6) is 0 Å². The van der Waals surface area contributed by atoms with E-state index in [-0.39, 0.29) is 50.5 Å². The molecule has 0 bridgehead atoms. The van der Waals surface area contributed by atoms with Crippen LogP contribution in [0.3, 0.4) is 0 Å². The van der Waals surface area contributed by atoms with Crippen molar-refractivity contribution < 1.29 is 43.3 Å². The summed E-state index contributed by atoms with van der Waals surface area (Å²) in [6.07, 6.45) is 4.06. The van der Waals surface area contributed by atoms with E-state index < -0.39 is 59.6 Å². The lowest BCUT2D eigenvalue weighted by molar-refractivity contribution is -0.148. The Morgan fingerprint density at radius 3 is 2.22 bits per heavy atom. The predicted octanol–water partition coefficient (Wildman–Crippen LogP) is 0.809. The second-order valence-electron chi connectivity index (χ2n) is 13.1. The standard InChI is InChI=1S/C35H53N7O9/c1-7-35(6,14-16-43)51-17-15-41(37)20-26(36)27(42-30(46)12-13-31(42)47)18-28(44)40-32(22(2)3)33(48)38-19-29(45)39-25-10-8-24(9-11-25)21-50-34(49)23(4)5/h8-13,20,22-23,27,32,43H,7,14-19,21,36-37H2,1-6H3,(H,38,48)(H,39,45)(H,40,44)/b26-20-/t27-,32?,35?/m0/s1. The molecular formula is C35H53N7O9. The zero-order valence-electron chi connectivity index (χ0n) is 30.3. The highest BCUT2D eigenvalue weighted by atomic mass is 16.5. The van der Waals surface area contributed by atoms with Gasteiger partial charge in [-0.1, -0.05) is 46.8 Å². The molecule has 5 amide bonds. The van der Waals surface area contributed by atoms with Crippen LogP contribution in [0.25, 0.3) is 0 Å². The molecule has 0 saturated carbocycles. The molecule has 1 aromatic rings. The summed E-state index contributed by atoms with van der Waals surface area (Å²) in [6, 6.07) is 4.37. The monoisotopic (exact) mass is 715 g/mol. The minimum absolute atomic E-state index is 0.0371. The molecule has 1 aliphatic heterocycles. The van der Waals surface area contributed by atoms with E-state index in [0.717, 1.165) is 22.6 Å². The molecule has 2 unspecified atom stereocenters. The third-order valence-electron chi connectivity index (χ3n) is 8.20. The van der Waals surface area contributed by atoms with Gasteiger partial charge in [-0.15, -0.1) is 0 Å². The topological polar surface area (TPSA) is 236 Å². The minimum atomic E-state index is -1.22. The van der Waals surface area contributed by atoms with Crippen molar-refractivity contribution in [3.63, 3.8) is 0 Å². The Balaban J connectivity index is 2.02. The number of benzene rings is 1. The van der Waals surface area contributed by atoms with Crippen molar-refractivity contribution in [3.05, 3.63) is 53.9 Å². The molecule has 1 heterocycles. The molecule has 8 N–H and O–H groups in total. The molecule has 16 heteroatoms. The second kappa shape index (κ2) is 20.1. The summed E-state index contributed by atoms with van der Waals surface area (Å²) in [5, 5.41) is 18.3. The fourth-order valence-electron chi connectivity index (χ4n) is 4.84. The number of hydrogen-bond acceptors (Lipinski definition) is 12. The number of nitrogens with zero attached hydrogens (tertiary/aromatic N) is 2. The Bertz CT molecular complexity index is 1430. The molecule has 282 valence electrons. The summed E-state index contributed by atoms with van der Waals surface area (Å²) >= 11 is 0. The molecule has 16 nitrogen and oxygen atoms in total. The lowest BCUT2D eigenvalue weighted by Crippen LogP contribution is -2.53. The van der Waals surface area contributed by atoms with E-state index in [4.69, 9.17) is 21.1 Å². The van der Waals surface area contributed by atoms with Gasteiger partial charge in [-0.2, -0.15) is 0 Å². The number of amides is 5. The maximum Gasteiger partial charge on any atom is 0.308 e. The molecule has 2 rings (SSSR count). The number of nitrogens with two attached hydrogens (primary N) is 2.